The third-order valence-electron chi connectivity index (χ3n) is 1.96. The molecule has 0 saturated heterocycles. The fourth-order valence-corrected chi connectivity index (χ4v) is 1.26. The van der Waals surface area contributed by atoms with Gasteiger partial charge in [-0.15, -0.1) is 0 Å². The normalized spacial score (nSPS) is 12.5. The molecule has 0 fully saturated rings. The maximum Gasteiger partial charge on any atom is 0.222 e. The van der Waals surface area contributed by atoms with Crippen LogP contribution in [0.5, 0.6) is 0 Å². The third kappa shape index (κ3) is 4.05. The molecule has 1 heterocycles. The number of halogens is 1. The molecular formula is C10H16BrN3. The highest BCUT2D eigenvalue weighted by molar-refractivity contribution is 9.09. The molecule has 1 unspecified atom stereocenters. The fourth-order valence-electron chi connectivity index (χ4n) is 1.03. The first kappa shape index (κ1) is 11.4. The summed E-state index contributed by atoms with van der Waals surface area (Å²) in [6, 6.07) is 0. The highest BCUT2D eigenvalue weighted by atomic mass is 79.9. The third-order valence-corrected chi connectivity index (χ3v) is 3.07. The van der Waals surface area contributed by atoms with Crippen molar-refractivity contribution in [1.29, 1.82) is 0 Å². The van der Waals surface area contributed by atoms with Gasteiger partial charge in [0.15, 0.2) is 0 Å². The quantitative estimate of drug-likeness (QED) is 0.825. The zero-order chi connectivity index (χ0) is 10.4. The summed E-state index contributed by atoms with van der Waals surface area (Å²) in [5.41, 5.74) is 1.09. The van der Waals surface area contributed by atoms with Crippen molar-refractivity contribution in [2.24, 2.45) is 0 Å². The summed E-state index contributed by atoms with van der Waals surface area (Å²) >= 11 is 3.58. The van der Waals surface area contributed by atoms with Gasteiger partial charge in [0.05, 0.1) is 0 Å². The number of hydrogen-bond donors (Lipinski definition) is 1. The Hall–Kier alpha value is -0.640. The van der Waals surface area contributed by atoms with Crippen molar-refractivity contribution in [1.82, 2.24) is 9.97 Å². The van der Waals surface area contributed by atoms with Crippen molar-refractivity contribution in [3.63, 3.8) is 0 Å². The zero-order valence-corrected chi connectivity index (χ0v) is 10.2. The molecule has 1 aromatic heterocycles. The van der Waals surface area contributed by atoms with E-state index in [0.29, 0.717) is 10.8 Å². The molecule has 0 radical (unpaired) electrons. The highest BCUT2D eigenvalue weighted by Gasteiger charge is 2.00. The number of aryl methyl sites for hydroxylation is 1. The predicted molar refractivity (Wildman–Crippen MR) is 62.9 cm³/mol. The molecule has 1 atom stereocenters. The molecule has 0 amide bonds. The molecule has 0 aliphatic carbocycles. The summed E-state index contributed by atoms with van der Waals surface area (Å²) in [5, 5.41) is 3.18. The van der Waals surface area contributed by atoms with Gasteiger partial charge >= 0.3 is 0 Å². The molecule has 14 heavy (non-hydrogen) atoms. The van der Waals surface area contributed by atoms with E-state index in [9.17, 15) is 0 Å². The molecule has 0 aromatic carbocycles. The van der Waals surface area contributed by atoms with Crippen LogP contribution in [-0.2, 0) is 0 Å². The summed E-state index contributed by atoms with van der Waals surface area (Å²) in [6.07, 6.45) is 5.88. The number of rotatable bonds is 5. The first-order chi connectivity index (χ1) is 6.72. The minimum Gasteiger partial charge on any atom is -0.354 e. The van der Waals surface area contributed by atoms with Gasteiger partial charge in [-0.25, -0.2) is 9.97 Å². The number of hydrogen-bond acceptors (Lipinski definition) is 3. The zero-order valence-electron chi connectivity index (χ0n) is 8.63. The molecule has 0 saturated carbocycles. The number of anilines is 1. The number of nitrogens with one attached hydrogen (secondary N) is 1. The monoisotopic (exact) mass is 257 g/mol. The van der Waals surface area contributed by atoms with Gasteiger partial charge in [0, 0.05) is 23.8 Å². The highest BCUT2D eigenvalue weighted by Crippen LogP contribution is 2.09. The van der Waals surface area contributed by atoms with Gasteiger partial charge in [0.1, 0.15) is 0 Å². The molecule has 1 N–H and O–H groups in total. The Labute approximate surface area is 93.5 Å². The molecule has 1 aromatic rings. The minimum atomic E-state index is 0.584. The minimum absolute atomic E-state index is 0.584. The maximum atomic E-state index is 4.16. The lowest BCUT2D eigenvalue weighted by Crippen LogP contribution is -2.09. The summed E-state index contributed by atoms with van der Waals surface area (Å²) in [4.78, 5) is 8.91. The Morgan fingerprint density at radius 3 is 2.64 bits per heavy atom. The van der Waals surface area contributed by atoms with Crippen LogP contribution in [0.25, 0.3) is 0 Å². The first-order valence-corrected chi connectivity index (χ1v) is 5.80. The molecule has 0 aliphatic rings. The van der Waals surface area contributed by atoms with Crippen LogP contribution in [0, 0.1) is 6.92 Å². The largest absolute Gasteiger partial charge is 0.354 e. The van der Waals surface area contributed by atoms with E-state index in [2.05, 4.69) is 38.1 Å². The molecule has 0 aliphatic heterocycles. The van der Waals surface area contributed by atoms with Crippen LogP contribution in [0.3, 0.4) is 0 Å². The Balaban J connectivity index is 2.28. The molecule has 0 spiro atoms. The van der Waals surface area contributed by atoms with Gasteiger partial charge in [0.2, 0.25) is 5.95 Å². The van der Waals surface area contributed by atoms with Crippen molar-refractivity contribution in [3.05, 3.63) is 18.0 Å². The van der Waals surface area contributed by atoms with Crippen LogP contribution in [0.4, 0.5) is 5.95 Å². The molecule has 78 valence electrons. The lowest BCUT2D eigenvalue weighted by Gasteiger charge is -2.07. The van der Waals surface area contributed by atoms with E-state index >= 15 is 0 Å². The van der Waals surface area contributed by atoms with Crippen LogP contribution < -0.4 is 5.32 Å². The fraction of sp³-hybridized carbons (Fsp3) is 0.600. The van der Waals surface area contributed by atoms with Crippen LogP contribution in [0.15, 0.2) is 12.4 Å². The summed E-state index contributed by atoms with van der Waals surface area (Å²) in [5.74, 6) is 0.714. The molecule has 0 bridgehead atoms. The van der Waals surface area contributed by atoms with Crippen molar-refractivity contribution in [3.8, 4) is 0 Å². The van der Waals surface area contributed by atoms with Crippen LogP contribution in [0.1, 0.15) is 25.3 Å². The Bertz CT molecular complexity index is 261. The Kier molecular flexibility index (Phi) is 4.87. The van der Waals surface area contributed by atoms with Gasteiger partial charge in [0.25, 0.3) is 0 Å². The number of nitrogens with zero attached hydrogens (tertiary/aromatic N) is 2. The second-order valence-electron chi connectivity index (χ2n) is 3.31. The van der Waals surface area contributed by atoms with Gasteiger partial charge in [-0.1, -0.05) is 22.9 Å². The van der Waals surface area contributed by atoms with E-state index in [1.54, 1.807) is 0 Å². The van der Waals surface area contributed by atoms with E-state index in [4.69, 9.17) is 0 Å². The lowest BCUT2D eigenvalue weighted by atomic mass is 10.2. The van der Waals surface area contributed by atoms with Crippen molar-refractivity contribution in [2.75, 3.05) is 11.9 Å². The van der Waals surface area contributed by atoms with Crippen LogP contribution in [0.2, 0.25) is 0 Å². The summed E-state index contributed by atoms with van der Waals surface area (Å²) in [6.45, 7) is 5.06. The van der Waals surface area contributed by atoms with Crippen molar-refractivity contribution >= 4 is 21.9 Å². The molecular weight excluding hydrogens is 242 g/mol. The molecule has 4 heteroatoms. The van der Waals surface area contributed by atoms with E-state index in [0.717, 1.165) is 24.9 Å². The molecule has 3 nitrogen and oxygen atoms in total. The van der Waals surface area contributed by atoms with Crippen molar-refractivity contribution in [2.45, 2.75) is 31.5 Å². The second kappa shape index (κ2) is 5.96. The van der Waals surface area contributed by atoms with Gasteiger partial charge in [-0.05, 0) is 25.3 Å². The number of alkyl halides is 1. The average molecular weight is 258 g/mol. The van der Waals surface area contributed by atoms with Crippen LogP contribution >= 0.6 is 15.9 Å². The van der Waals surface area contributed by atoms with Crippen molar-refractivity contribution < 1.29 is 0 Å². The SMILES string of the molecule is CCC(Br)CCNc1ncc(C)cn1. The second-order valence-corrected chi connectivity index (χ2v) is 4.60. The van der Waals surface area contributed by atoms with E-state index in [1.807, 2.05) is 19.3 Å². The maximum absolute atomic E-state index is 4.16. The van der Waals surface area contributed by atoms with Gasteiger partial charge < -0.3 is 5.32 Å². The van der Waals surface area contributed by atoms with Gasteiger partial charge in [-0.2, -0.15) is 0 Å². The van der Waals surface area contributed by atoms with E-state index in [-0.39, 0.29) is 0 Å². The lowest BCUT2D eigenvalue weighted by molar-refractivity contribution is 0.770. The predicted octanol–water partition coefficient (Wildman–Crippen LogP) is 2.76. The summed E-state index contributed by atoms with van der Waals surface area (Å²) in [7, 11) is 0. The average Bonchev–Trinajstić information content (AvgIpc) is 2.21. The first-order valence-electron chi connectivity index (χ1n) is 4.89. The standard InChI is InChI=1S/C10H16BrN3/c1-3-9(11)4-5-12-10-13-6-8(2)7-14-10/h6-7,9H,3-5H2,1-2H3,(H,12,13,14). The molecule has 1 rings (SSSR count). The smallest absolute Gasteiger partial charge is 0.222 e. The Morgan fingerprint density at radius 2 is 2.07 bits per heavy atom. The van der Waals surface area contributed by atoms with Crippen LogP contribution in [-0.4, -0.2) is 21.3 Å². The van der Waals surface area contributed by atoms with E-state index < -0.39 is 0 Å². The van der Waals surface area contributed by atoms with Gasteiger partial charge in [-0.3, -0.25) is 0 Å². The number of aromatic nitrogens is 2. The topological polar surface area (TPSA) is 37.8 Å². The summed E-state index contributed by atoms with van der Waals surface area (Å²) < 4.78 is 0. The Morgan fingerprint density at radius 1 is 1.43 bits per heavy atom. The van der Waals surface area contributed by atoms with E-state index in [1.165, 1.54) is 0 Å².